The molecule has 4 heteroatoms. The van der Waals surface area contributed by atoms with E-state index in [2.05, 4.69) is 21.2 Å². The lowest BCUT2D eigenvalue weighted by Gasteiger charge is -2.24. The normalized spacial score (nSPS) is 13.5. The number of benzene rings is 1. The number of halogens is 1. The Hall–Kier alpha value is -1.29. The summed E-state index contributed by atoms with van der Waals surface area (Å²) in [5.41, 5.74) is 0.732. The van der Waals surface area contributed by atoms with Crippen LogP contribution in [0.1, 0.15) is 26.5 Å². The van der Waals surface area contributed by atoms with Crippen LogP contribution in [0.3, 0.4) is 0 Å². The summed E-state index contributed by atoms with van der Waals surface area (Å²) in [7, 11) is 0. The minimum atomic E-state index is -0.218. The Morgan fingerprint density at radius 3 is 2.68 bits per heavy atom. The number of furan rings is 1. The Morgan fingerprint density at radius 1 is 1.37 bits per heavy atom. The van der Waals surface area contributed by atoms with Crippen LogP contribution in [0, 0.1) is 5.41 Å². The molecule has 0 aliphatic carbocycles. The number of carbonyl (C=O) groups is 1. The van der Waals surface area contributed by atoms with Crippen molar-refractivity contribution in [2.24, 2.45) is 5.41 Å². The first kappa shape index (κ1) is 14.1. The number of fused-ring (bicyclic) bond motifs is 1. The molecule has 0 saturated carbocycles. The van der Waals surface area contributed by atoms with E-state index in [9.17, 15) is 4.79 Å². The fourth-order valence-corrected chi connectivity index (χ4v) is 1.94. The van der Waals surface area contributed by atoms with Gasteiger partial charge in [-0.15, -0.1) is 0 Å². The van der Waals surface area contributed by atoms with Gasteiger partial charge in [-0.1, -0.05) is 54.9 Å². The summed E-state index contributed by atoms with van der Waals surface area (Å²) < 4.78 is 5.65. The van der Waals surface area contributed by atoms with Gasteiger partial charge in [-0.25, -0.2) is 0 Å². The average Bonchev–Trinajstić information content (AvgIpc) is 2.76. The van der Waals surface area contributed by atoms with Crippen LogP contribution in [0.25, 0.3) is 11.0 Å². The second-order valence-electron chi connectivity index (χ2n) is 5.70. The molecule has 3 nitrogen and oxygen atoms in total. The number of carbonyl (C=O) groups excluding carboxylic acids is 1. The van der Waals surface area contributed by atoms with E-state index in [1.165, 1.54) is 0 Å². The summed E-state index contributed by atoms with van der Waals surface area (Å²) in [5.74, 6) is 0.746. The van der Waals surface area contributed by atoms with Crippen molar-refractivity contribution in [2.75, 3.05) is 0 Å². The Kier molecular flexibility index (Phi) is 3.99. The van der Waals surface area contributed by atoms with E-state index in [-0.39, 0.29) is 16.1 Å². The number of nitrogens with one attached hydrogen (secondary N) is 1. The highest BCUT2D eigenvalue weighted by molar-refractivity contribution is 9.10. The van der Waals surface area contributed by atoms with Crippen LogP contribution in [0.4, 0.5) is 0 Å². The van der Waals surface area contributed by atoms with Crippen LogP contribution in [0.2, 0.25) is 0 Å². The van der Waals surface area contributed by atoms with Crippen molar-refractivity contribution < 1.29 is 9.21 Å². The van der Waals surface area contributed by atoms with Crippen LogP contribution in [-0.2, 0) is 11.3 Å². The van der Waals surface area contributed by atoms with Gasteiger partial charge in [-0.3, -0.25) is 4.79 Å². The van der Waals surface area contributed by atoms with Crippen molar-refractivity contribution in [1.82, 2.24) is 5.32 Å². The Balaban J connectivity index is 2.01. The Labute approximate surface area is 121 Å². The first-order valence-electron chi connectivity index (χ1n) is 6.27. The summed E-state index contributed by atoms with van der Waals surface area (Å²) in [4.78, 5) is 11.8. The lowest BCUT2D eigenvalue weighted by Crippen LogP contribution is -2.38. The average molecular weight is 324 g/mol. The highest BCUT2D eigenvalue weighted by Gasteiger charge is 2.28. The van der Waals surface area contributed by atoms with Crippen molar-refractivity contribution in [1.29, 1.82) is 0 Å². The molecule has 2 aromatic rings. The molecule has 0 aliphatic rings. The smallest absolute Gasteiger partial charge is 0.234 e. The van der Waals surface area contributed by atoms with Gasteiger partial charge in [-0.2, -0.15) is 0 Å². The standard InChI is InChI=1S/C15H18BrNO2/c1-15(2,3)13(16)14(18)17-9-11-8-10-6-4-5-7-12(10)19-11/h4-8,13H,9H2,1-3H3,(H,17,18)/t13-/m0/s1. The zero-order valence-corrected chi connectivity index (χ0v) is 13.0. The fourth-order valence-electron chi connectivity index (χ4n) is 1.78. The molecule has 1 N–H and O–H groups in total. The summed E-state index contributed by atoms with van der Waals surface area (Å²) in [6.45, 7) is 6.47. The molecule has 0 aliphatic heterocycles. The van der Waals surface area contributed by atoms with Crippen molar-refractivity contribution in [3.8, 4) is 0 Å². The molecule has 2 rings (SSSR count). The molecule has 1 aromatic heterocycles. The molecule has 0 unspecified atom stereocenters. The van der Waals surface area contributed by atoms with Crippen molar-refractivity contribution >= 4 is 32.8 Å². The third kappa shape index (κ3) is 3.38. The SMILES string of the molecule is CC(C)(C)[C@@H](Br)C(=O)NCc1cc2ccccc2o1. The van der Waals surface area contributed by atoms with E-state index in [0.717, 1.165) is 16.7 Å². The first-order valence-corrected chi connectivity index (χ1v) is 7.19. The Bertz CT molecular complexity index is 550. The summed E-state index contributed by atoms with van der Waals surface area (Å²) in [6.07, 6.45) is 0. The lowest BCUT2D eigenvalue weighted by molar-refractivity contribution is -0.122. The van der Waals surface area contributed by atoms with Crippen molar-refractivity contribution in [3.05, 3.63) is 36.1 Å². The van der Waals surface area contributed by atoms with Gasteiger partial charge in [0.05, 0.1) is 11.4 Å². The van der Waals surface area contributed by atoms with Crippen molar-refractivity contribution in [3.63, 3.8) is 0 Å². The van der Waals surface area contributed by atoms with Crippen LogP contribution in [-0.4, -0.2) is 10.7 Å². The summed E-state index contributed by atoms with van der Waals surface area (Å²) in [6, 6.07) is 9.77. The van der Waals surface area contributed by atoms with E-state index in [4.69, 9.17) is 4.42 Å². The Morgan fingerprint density at radius 2 is 2.05 bits per heavy atom. The van der Waals surface area contributed by atoms with Gasteiger partial charge in [0.1, 0.15) is 11.3 Å². The number of rotatable bonds is 3. The maximum Gasteiger partial charge on any atom is 0.234 e. The maximum atomic E-state index is 12.0. The van der Waals surface area contributed by atoms with E-state index < -0.39 is 0 Å². The van der Waals surface area contributed by atoms with Crippen LogP contribution >= 0.6 is 15.9 Å². The van der Waals surface area contributed by atoms with Gasteiger partial charge in [-0.05, 0) is 17.5 Å². The van der Waals surface area contributed by atoms with Gasteiger partial charge in [0, 0.05) is 5.39 Å². The minimum Gasteiger partial charge on any atom is -0.459 e. The van der Waals surface area contributed by atoms with Crippen molar-refractivity contribution in [2.45, 2.75) is 32.1 Å². The number of hydrogen-bond acceptors (Lipinski definition) is 2. The predicted molar refractivity (Wildman–Crippen MR) is 80.2 cm³/mol. The zero-order chi connectivity index (χ0) is 14.0. The first-order chi connectivity index (χ1) is 8.88. The second kappa shape index (κ2) is 5.37. The number of alkyl halides is 1. The lowest BCUT2D eigenvalue weighted by atomic mass is 9.92. The molecule has 1 aromatic carbocycles. The minimum absolute atomic E-state index is 0.0204. The van der Waals surface area contributed by atoms with Crippen LogP contribution in [0.5, 0.6) is 0 Å². The monoisotopic (exact) mass is 323 g/mol. The largest absolute Gasteiger partial charge is 0.459 e. The van der Waals surface area contributed by atoms with Gasteiger partial charge >= 0.3 is 0 Å². The quantitative estimate of drug-likeness (QED) is 0.871. The molecule has 0 bridgehead atoms. The van der Waals surface area contributed by atoms with E-state index in [0.29, 0.717) is 6.54 Å². The molecule has 102 valence electrons. The molecule has 1 atom stereocenters. The van der Waals surface area contributed by atoms with Crippen LogP contribution < -0.4 is 5.32 Å². The molecule has 1 amide bonds. The number of amides is 1. The maximum absolute atomic E-state index is 12.0. The van der Waals surface area contributed by atoms with E-state index >= 15 is 0 Å². The van der Waals surface area contributed by atoms with Gasteiger partial charge in [0.15, 0.2) is 0 Å². The summed E-state index contributed by atoms with van der Waals surface area (Å²) >= 11 is 3.43. The predicted octanol–water partition coefficient (Wildman–Crippen LogP) is 3.86. The van der Waals surface area contributed by atoms with Crippen LogP contribution in [0.15, 0.2) is 34.7 Å². The molecular weight excluding hydrogens is 306 g/mol. The molecule has 0 saturated heterocycles. The highest BCUT2D eigenvalue weighted by Crippen LogP contribution is 2.26. The van der Waals surface area contributed by atoms with Gasteiger partial charge in [0.2, 0.25) is 5.91 Å². The third-order valence-electron chi connectivity index (χ3n) is 2.90. The molecule has 0 radical (unpaired) electrons. The molecule has 0 fully saturated rings. The fraction of sp³-hybridized carbons (Fsp3) is 0.400. The summed E-state index contributed by atoms with van der Waals surface area (Å²) in [5, 5.41) is 3.94. The van der Waals surface area contributed by atoms with E-state index in [1.807, 2.05) is 51.1 Å². The second-order valence-corrected chi connectivity index (χ2v) is 6.61. The highest BCUT2D eigenvalue weighted by atomic mass is 79.9. The topological polar surface area (TPSA) is 42.2 Å². The number of para-hydroxylation sites is 1. The van der Waals surface area contributed by atoms with Gasteiger partial charge in [0.25, 0.3) is 0 Å². The number of hydrogen-bond donors (Lipinski definition) is 1. The third-order valence-corrected chi connectivity index (χ3v) is 4.69. The molecule has 19 heavy (non-hydrogen) atoms. The van der Waals surface area contributed by atoms with Gasteiger partial charge < -0.3 is 9.73 Å². The molecule has 1 heterocycles. The molecular formula is C15H18BrNO2. The zero-order valence-electron chi connectivity index (χ0n) is 11.4. The molecule has 0 spiro atoms. The van der Waals surface area contributed by atoms with E-state index in [1.54, 1.807) is 0 Å².